The van der Waals surface area contributed by atoms with Gasteiger partial charge in [-0.25, -0.2) is 9.78 Å². The number of carbonyl (C=O) groups is 2. The molecule has 6 nitrogen and oxygen atoms in total. The highest BCUT2D eigenvalue weighted by Crippen LogP contribution is 2.31. The third-order valence-corrected chi connectivity index (χ3v) is 7.84. The van der Waals surface area contributed by atoms with E-state index in [1.807, 2.05) is 55.3 Å². The average molecular weight is 492 g/mol. The molecule has 1 aromatic heterocycles. The number of rotatable bonds is 7. The predicted molar refractivity (Wildman–Crippen MR) is 141 cm³/mol. The topological polar surface area (TPSA) is 71.5 Å². The minimum Gasteiger partial charge on any atom is -0.469 e. The van der Waals surface area contributed by atoms with Gasteiger partial charge in [-0.15, -0.1) is 11.3 Å². The number of anilines is 1. The molecule has 1 aliphatic heterocycles. The number of aromatic nitrogens is 1. The van der Waals surface area contributed by atoms with E-state index in [2.05, 4.69) is 34.6 Å². The minimum absolute atomic E-state index is 0.0439. The van der Waals surface area contributed by atoms with Crippen molar-refractivity contribution < 1.29 is 14.3 Å². The second-order valence-corrected chi connectivity index (χ2v) is 10.8. The van der Waals surface area contributed by atoms with Gasteiger partial charge in [-0.1, -0.05) is 42.5 Å². The molecule has 1 saturated heterocycles. The van der Waals surface area contributed by atoms with Gasteiger partial charge in [-0.3, -0.25) is 4.79 Å². The summed E-state index contributed by atoms with van der Waals surface area (Å²) in [6.45, 7) is 5.32. The Balaban J connectivity index is 1.29. The molecule has 3 aromatic rings. The van der Waals surface area contributed by atoms with Gasteiger partial charge in [-0.05, 0) is 62.3 Å². The number of methoxy groups -OCH3 is 1. The van der Waals surface area contributed by atoms with E-state index in [0.29, 0.717) is 12.3 Å². The third kappa shape index (κ3) is 6.28. The first-order valence-electron chi connectivity index (χ1n) is 12.1. The molecule has 1 N–H and O–H groups in total. The number of hydrogen-bond donors (Lipinski definition) is 1. The van der Waals surface area contributed by atoms with Gasteiger partial charge in [0.15, 0.2) is 0 Å². The lowest BCUT2D eigenvalue weighted by Gasteiger charge is -2.32. The summed E-state index contributed by atoms with van der Waals surface area (Å²) in [5.74, 6) is 0.322. The number of nitrogens with one attached hydrogen (secondary N) is 1. The third-order valence-electron chi connectivity index (χ3n) is 6.73. The molecular weight excluding hydrogens is 458 g/mol. The van der Waals surface area contributed by atoms with Gasteiger partial charge >= 0.3 is 12.0 Å². The first-order valence-corrected chi connectivity index (χ1v) is 12.9. The summed E-state index contributed by atoms with van der Waals surface area (Å²) >= 11 is 1.63. The van der Waals surface area contributed by atoms with Crippen molar-refractivity contribution in [2.75, 3.05) is 25.5 Å². The second-order valence-electron chi connectivity index (χ2n) is 9.67. The van der Waals surface area contributed by atoms with Crippen LogP contribution in [-0.2, 0) is 16.0 Å². The molecule has 0 saturated carbocycles. The summed E-state index contributed by atoms with van der Waals surface area (Å²) in [6, 6.07) is 18.4. The van der Waals surface area contributed by atoms with Crippen molar-refractivity contribution in [1.29, 1.82) is 0 Å². The molecule has 35 heavy (non-hydrogen) atoms. The number of piperidine rings is 1. The molecule has 7 heteroatoms. The van der Waals surface area contributed by atoms with Gasteiger partial charge in [0, 0.05) is 31.4 Å². The van der Waals surface area contributed by atoms with Crippen LogP contribution in [0.3, 0.4) is 0 Å². The maximum atomic E-state index is 12.8. The number of esters is 1. The number of benzene rings is 2. The normalized spacial score (nSPS) is 14.5. The zero-order valence-corrected chi connectivity index (χ0v) is 21.4. The van der Waals surface area contributed by atoms with E-state index in [1.54, 1.807) is 11.3 Å². The number of likely N-dealkylation sites (tertiary alicyclic amines) is 1. The van der Waals surface area contributed by atoms with E-state index < -0.39 is 5.41 Å². The smallest absolute Gasteiger partial charge is 0.321 e. The molecule has 0 atom stereocenters. The van der Waals surface area contributed by atoms with E-state index in [0.717, 1.165) is 53.5 Å². The zero-order chi connectivity index (χ0) is 24.8. The number of nitrogens with zero attached hydrogens (tertiary/aromatic N) is 2. The summed E-state index contributed by atoms with van der Waals surface area (Å²) < 4.78 is 4.89. The number of thiazole rings is 1. The highest BCUT2D eigenvalue weighted by atomic mass is 32.1. The summed E-state index contributed by atoms with van der Waals surface area (Å²) in [4.78, 5) is 32.2. The largest absolute Gasteiger partial charge is 0.469 e. The van der Waals surface area contributed by atoms with Crippen molar-refractivity contribution in [2.24, 2.45) is 5.41 Å². The van der Waals surface area contributed by atoms with Gasteiger partial charge in [0.1, 0.15) is 0 Å². The minimum atomic E-state index is -0.531. The Morgan fingerprint density at radius 1 is 1.09 bits per heavy atom. The van der Waals surface area contributed by atoms with Crippen LogP contribution in [0.4, 0.5) is 10.5 Å². The van der Waals surface area contributed by atoms with Gasteiger partial charge in [0.05, 0.1) is 22.4 Å². The Morgan fingerprint density at radius 3 is 2.43 bits per heavy atom. The SMILES string of the molecule is COC(=O)C(C)(C)CCc1ncc(-c2ccc(NC(=O)N3CCC(c4ccccc4)CC3)cc2)s1. The number of ether oxygens (including phenoxy) is 1. The summed E-state index contributed by atoms with van der Waals surface area (Å²) in [5.41, 5.74) is 2.68. The van der Waals surface area contributed by atoms with Gasteiger partial charge < -0.3 is 15.0 Å². The van der Waals surface area contributed by atoms with Crippen LogP contribution in [0.5, 0.6) is 0 Å². The lowest BCUT2D eigenvalue weighted by molar-refractivity contribution is -0.151. The van der Waals surface area contributed by atoms with Crippen LogP contribution in [0.1, 0.15) is 49.6 Å². The van der Waals surface area contributed by atoms with Crippen LogP contribution in [0.25, 0.3) is 10.4 Å². The maximum absolute atomic E-state index is 12.8. The zero-order valence-electron chi connectivity index (χ0n) is 20.6. The second kappa shape index (κ2) is 11.0. The predicted octanol–water partition coefficient (Wildman–Crippen LogP) is 6.35. The van der Waals surface area contributed by atoms with Crippen LogP contribution in [-0.4, -0.2) is 42.1 Å². The van der Waals surface area contributed by atoms with Crippen molar-refractivity contribution in [3.8, 4) is 10.4 Å². The molecule has 2 heterocycles. The van der Waals surface area contributed by atoms with Gasteiger partial charge in [-0.2, -0.15) is 0 Å². The van der Waals surface area contributed by atoms with E-state index in [4.69, 9.17) is 4.74 Å². The number of carbonyl (C=O) groups excluding carboxylic acids is 2. The van der Waals surface area contributed by atoms with Crippen LogP contribution in [0.15, 0.2) is 60.8 Å². The van der Waals surface area contributed by atoms with Gasteiger partial charge in [0.25, 0.3) is 0 Å². The number of aryl methyl sites for hydroxylation is 1. The van der Waals surface area contributed by atoms with E-state index in [9.17, 15) is 9.59 Å². The maximum Gasteiger partial charge on any atom is 0.321 e. The Hall–Kier alpha value is -3.19. The fourth-order valence-electron chi connectivity index (χ4n) is 4.42. The van der Waals surface area contributed by atoms with Crippen molar-refractivity contribution in [3.63, 3.8) is 0 Å². The standard InChI is InChI=1S/C28H33N3O3S/c1-28(2,26(32)34-3)16-13-25-29-19-24(35-25)22-9-11-23(12-10-22)30-27(33)31-17-14-21(15-18-31)20-7-5-4-6-8-20/h4-12,19,21H,13-18H2,1-3H3,(H,30,33). The lowest BCUT2D eigenvalue weighted by Crippen LogP contribution is -2.40. The van der Waals surface area contributed by atoms with Crippen molar-refractivity contribution in [3.05, 3.63) is 71.4 Å². The molecule has 4 rings (SSSR count). The monoisotopic (exact) mass is 491 g/mol. The van der Waals surface area contributed by atoms with Gasteiger partial charge in [0.2, 0.25) is 0 Å². The summed E-state index contributed by atoms with van der Waals surface area (Å²) in [6.07, 6.45) is 5.25. The van der Waals surface area contributed by atoms with Crippen molar-refractivity contribution in [1.82, 2.24) is 9.88 Å². The molecule has 1 fully saturated rings. The Bertz CT molecular complexity index is 1130. The Kier molecular flexibility index (Phi) is 7.86. The molecule has 0 bridgehead atoms. The number of amides is 2. The molecule has 2 amide bonds. The lowest BCUT2D eigenvalue weighted by atomic mass is 9.88. The summed E-state index contributed by atoms with van der Waals surface area (Å²) in [5, 5.41) is 4.03. The molecule has 0 spiro atoms. The van der Waals surface area contributed by atoms with Crippen LogP contribution < -0.4 is 5.32 Å². The van der Waals surface area contributed by atoms with Crippen molar-refractivity contribution >= 4 is 29.0 Å². The molecule has 0 radical (unpaired) electrons. The molecule has 0 unspecified atom stereocenters. The highest BCUT2D eigenvalue weighted by molar-refractivity contribution is 7.15. The van der Waals surface area contributed by atoms with E-state index in [1.165, 1.54) is 12.7 Å². The molecular formula is C28H33N3O3S. The number of urea groups is 1. The van der Waals surface area contributed by atoms with Crippen LogP contribution in [0, 0.1) is 5.41 Å². The van der Waals surface area contributed by atoms with Crippen LogP contribution in [0.2, 0.25) is 0 Å². The average Bonchev–Trinajstić information content (AvgIpc) is 3.37. The van der Waals surface area contributed by atoms with E-state index >= 15 is 0 Å². The molecule has 0 aliphatic carbocycles. The van der Waals surface area contributed by atoms with Crippen molar-refractivity contribution in [2.45, 2.75) is 45.4 Å². The fraction of sp³-hybridized carbons (Fsp3) is 0.393. The molecule has 2 aromatic carbocycles. The molecule has 184 valence electrons. The highest BCUT2D eigenvalue weighted by Gasteiger charge is 2.28. The number of hydrogen-bond acceptors (Lipinski definition) is 5. The summed E-state index contributed by atoms with van der Waals surface area (Å²) in [7, 11) is 1.42. The van der Waals surface area contributed by atoms with Crippen LogP contribution >= 0.6 is 11.3 Å². The Labute approximate surface area is 211 Å². The van der Waals surface area contributed by atoms with E-state index in [-0.39, 0.29) is 12.0 Å². The first-order chi connectivity index (χ1) is 16.9. The fourth-order valence-corrected chi connectivity index (χ4v) is 5.34. The first kappa shape index (κ1) is 24.9. The quantitative estimate of drug-likeness (QED) is 0.391. The molecule has 1 aliphatic rings. The Morgan fingerprint density at radius 2 is 1.77 bits per heavy atom.